The number of fused-ring (bicyclic) bond motifs is 1. The van der Waals surface area contributed by atoms with Crippen LogP contribution in [0.4, 0.5) is 4.79 Å². The predicted molar refractivity (Wildman–Crippen MR) is 167 cm³/mol. The molecule has 0 bridgehead atoms. The fraction of sp³-hybridized carbons (Fsp3) is 0.471. The van der Waals surface area contributed by atoms with E-state index in [-0.39, 0.29) is 29.9 Å². The van der Waals surface area contributed by atoms with Crippen molar-refractivity contribution in [3.8, 4) is 0 Å². The van der Waals surface area contributed by atoms with E-state index < -0.39 is 5.66 Å². The van der Waals surface area contributed by atoms with E-state index >= 15 is 0 Å². The number of pyridine rings is 1. The third-order valence-electron chi connectivity index (χ3n) is 9.20. The van der Waals surface area contributed by atoms with Crippen molar-refractivity contribution in [2.24, 2.45) is 9.98 Å². The van der Waals surface area contributed by atoms with Gasteiger partial charge in [-0.1, -0.05) is 68.9 Å². The number of hydrogen-bond donors (Lipinski definition) is 1. The zero-order valence-corrected chi connectivity index (χ0v) is 24.9. The maximum Gasteiger partial charge on any atom is 0.329 e. The largest absolute Gasteiger partial charge is 0.352 e. The Labute approximate surface area is 253 Å². The van der Waals surface area contributed by atoms with Gasteiger partial charge in [-0.25, -0.2) is 14.8 Å². The van der Waals surface area contributed by atoms with Crippen LogP contribution in [0, 0.1) is 0 Å². The van der Waals surface area contributed by atoms with Crippen LogP contribution in [0.2, 0.25) is 0 Å². The third-order valence-corrected chi connectivity index (χ3v) is 9.20. The molecule has 2 saturated carbocycles. The van der Waals surface area contributed by atoms with Gasteiger partial charge in [-0.05, 0) is 62.3 Å². The van der Waals surface area contributed by atoms with Gasteiger partial charge >= 0.3 is 6.03 Å². The van der Waals surface area contributed by atoms with Crippen molar-refractivity contribution >= 4 is 35.5 Å². The van der Waals surface area contributed by atoms with Crippen molar-refractivity contribution in [3.63, 3.8) is 0 Å². The number of urea groups is 1. The molecule has 4 aliphatic rings. The van der Waals surface area contributed by atoms with Gasteiger partial charge in [0.25, 0.3) is 5.91 Å². The Hall–Kier alpha value is -4.14. The zero-order valence-electron chi connectivity index (χ0n) is 24.9. The molecule has 224 valence electrons. The highest BCUT2D eigenvalue weighted by Gasteiger charge is 2.57. The summed E-state index contributed by atoms with van der Waals surface area (Å²) in [6.07, 6.45) is 17.6. The summed E-state index contributed by atoms with van der Waals surface area (Å²) in [4.78, 5) is 57.6. The number of carbonyl (C=O) groups excluding carboxylic acids is 3. The Balaban J connectivity index is 1.19. The van der Waals surface area contributed by atoms with Crippen molar-refractivity contribution in [2.45, 2.75) is 95.3 Å². The molecule has 1 unspecified atom stereocenters. The van der Waals surface area contributed by atoms with E-state index in [1.54, 1.807) is 18.5 Å². The Morgan fingerprint density at radius 1 is 0.977 bits per heavy atom. The van der Waals surface area contributed by atoms with E-state index in [0.29, 0.717) is 18.1 Å². The minimum absolute atomic E-state index is 0.0433. The second kappa shape index (κ2) is 12.6. The Bertz CT molecular complexity index is 1440. The first kappa shape index (κ1) is 29.0. The number of aromatic nitrogens is 1. The summed E-state index contributed by atoms with van der Waals surface area (Å²) >= 11 is 0. The molecule has 4 amide bonds. The quantitative estimate of drug-likeness (QED) is 0.428. The number of carbonyl (C=O) groups is 3. The van der Waals surface area contributed by atoms with Crippen LogP contribution in [0.3, 0.4) is 0 Å². The average molecular weight is 581 g/mol. The molecular formula is C34H40N6O3. The number of nitrogens with zero attached hydrogens (tertiary/aromatic N) is 5. The Morgan fingerprint density at radius 3 is 2.35 bits per heavy atom. The molecule has 43 heavy (non-hydrogen) atoms. The summed E-state index contributed by atoms with van der Waals surface area (Å²) in [6, 6.07) is 11.3. The summed E-state index contributed by atoms with van der Waals surface area (Å²) in [5.41, 5.74) is 1.95. The molecule has 2 aliphatic heterocycles. The van der Waals surface area contributed by atoms with Crippen LogP contribution < -0.4 is 5.32 Å². The van der Waals surface area contributed by atoms with Gasteiger partial charge in [0.05, 0.1) is 0 Å². The van der Waals surface area contributed by atoms with Crippen LogP contribution in [0.5, 0.6) is 0 Å². The van der Waals surface area contributed by atoms with Crippen molar-refractivity contribution in [2.75, 3.05) is 6.54 Å². The molecule has 1 saturated heterocycles. The fourth-order valence-corrected chi connectivity index (χ4v) is 6.91. The number of hydrogen-bond acceptors (Lipinski definition) is 6. The minimum atomic E-state index is -1.11. The normalized spacial score (nSPS) is 23.4. The van der Waals surface area contributed by atoms with Gasteiger partial charge in [0, 0.05) is 42.7 Å². The van der Waals surface area contributed by atoms with Gasteiger partial charge in [0.2, 0.25) is 5.91 Å². The smallest absolute Gasteiger partial charge is 0.329 e. The van der Waals surface area contributed by atoms with Gasteiger partial charge in [-0.15, -0.1) is 0 Å². The van der Waals surface area contributed by atoms with Gasteiger partial charge < -0.3 is 5.32 Å². The lowest BCUT2D eigenvalue weighted by atomic mass is 9.88. The molecule has 1 aromatic carbocycles. The van der Waals surface area contributed by atoms with E-state index in [0.717, 1.165) is 80.9 Å². The topological polar surface area (TPSA) is 107 Å². The first-order chi connectivity index (χ1) is 20.9. The molecule has 1 aromatic heterocycles. The summed E-state index contributed by atoms with van der Waals surface area (Å²) in [5, 5.41) is 2.90. The molecule has 0 radical (unpaired) electrons. The minimum Gasteiger partial charge on any atom is -0.352 e. The number of imide groups is 1. The number of benzene rings is 1. The molecule has 1 atom stereocenters. The van der Waals surface area contributed by atoms with Gasteiger partial charge in [-0.2, -0.15) is 0 Å². The maximum atomic E-state index is 14.1. The highest BCUT2D eigenvalue weighted by atomic mass is 16.2. The lowest BCUT2D eigenvalue weighted by Gasteiger charge is -2.50. The summed E-state index contributed by atoms with van der Waals surface area (Å²) in [6.45, 7) is 2.41. The fourth-order valence-electron chi connectivity index (χ4n) is 6.91. The van der Waals surface area contributed by atoms with Crippen molar-refractivity contribution in [1.82, 2.24) is 20.1 Å². The highest BCUT2D eigenvalue weighted by Crippen LogP contribution is 2.40. The van der Waals surface area contributed by atoms with Crippen LogP contribution in [-0.2, 0) is 16.0 Å². The molecule has 3 heterocycles. The number of amidine groups is 1. The Kier molecular flexibility index (Phi) is 8.49. The second-order valence-electron chi connectivity index (χ2n) is 12.2. The summed E-state index contributed by atoms with van der Waals surface area (Å²) in [5.74, 6) is 0.0120. The van der Waals surface area contributed by atoms with Gasteiger partial charge in [0.1, 0.15) is 0 Å². The zero-order chi connectivity index (χ0) is 29.8. The highest BCUT2D eigenvalue weighted by molar-refractivity contribution is 6.49. The van der Waals surface area contributed by atoms with Crippen LogP contribution in [-0.4, -0.2) is 68.5 Å². The van der Waals surface area contributed by atoms with Crippen LogP contribution in [0.1, 0.15) is 87.8 Å². The number of rotatable bonds is 8. The molecule has 6 rings (SSSR count). The molecule has 9 nitrogen and oxygen atoms in total. The molecule has 2 aromatic rings. The maximum absolute atomic E-state index is 14.1. The molecule has 1 N–H and O–H groups in total. The van der Waals surface area contributed by atoms with E-state index in [1.165, 1.54) is 17.4 Å². The van der Waals surface area contributed by atoms with Crippen molar-refractivity contribution < 1.29 is 14.4 Å². The van der Waals surface area contributed by atoms with Crippen molar-refractivity contribution in [1.29, 1.82) is 0 Å². The first-order valence-electron chi connectivity index (χ1n) is 15.8. The number of aliphatic imine (C=N–C) groups is 2. The van der Waals surface area contributed by atoms with E-state index in [9.17, 15) is 14.4 Å². The first-order valence-corrected chi connectivity index (χ1v) is 15.8. The molecular weight excluding hydrogens is 540 g/mol. The van der Waals surface area contributed by atoms with Crippen LogP contribution in [0.15, 0.2) is 64.9 Å². The van der Waals surface area contributed by atoms with Gasteiger partial charge in [0.15, 0.2) is 17.2 Å². The van der Waals surface area contributed by atoms with E-state index in [1.807, 2.05) is 48.2 Å². The number of amides is 4. The van der Waals surface area contributed by atoms with Crippen molar-refractivity contribution in [3.05, 3.63) is 71.6 Å². The second-order valence-corrected chi connectivity index (χ2v) is 12.2. The summed E-state index contributed by atoms with van der Waals surface area (Å²) < 4.78 is 0. The Morgan fingerprint density at radius 2 is 1.67 bits per heavy atom. The molecule has 2 aliphatic carbocycles. The summed E-state index contributed by atoms with van der Waals surface area (Å²) in [7, 11) is 0. The average Bonchev–Trinajstić information content (AvgIpc) is 3.40. The monoisotopic (exact) mass is 580 g/mol. The molecule has 3 fully saturated rings. The third kappa shape index (κ3) is 6.03. The van der Waals surface area contributed by atoms with Gasteiger partial charge in [-0.3, -0.25) is 24.4 Å². The van der Waals surface area contributed by atoms with E-state index in [2.05, 4.69) is 10.3 Å². The molecule has 9 heteroatoms. The number of nitrogens with one attached hydrogen (secondary N) is 1. The van der Waals surface area contributed by atoms with Crippen LogP contribution in [0.25, 0.3) is 6.08 Å². The predicted octanol–water partition coefficient (Wildman–Crippen LogP) is 5.30. The lowest BCUT2D eigenvalue weighted by molar-refractivity contribution is -0.127. The standard InChI is InChI=1S/C34H40N6O3/c1-34-30(32(42)39(27-10-4-2-5-11-27)33(43)40(34)28-12-6-3-7-13-28)37-31(38-34)26-17-14-24(15-18-26)16-19-29(41)36-22-20-25-9-8-21-35-23-25/h8-9,14-19,21,23,27-28H,2-7,10-13,20,22H2,1H3,(H,36,41)/b19-16+. The van der Waals surface area contributed by atoms with E-state index in [4.69, 9.17) is 9.98 Å². The lowest BCUT2D eigenvalue weighted by Crippen LogP contribution is -2.71. The SMILES string of the molecule is CC12N=C(c3ccc(/C=C/C(=O)NCCc4cccnc4)cc3)N=C1C(=O)N(C1CCCCC1)C(=O)N2C1CCCCC1. The van der Waals surface area contributed by atoms with Crippen LogP contribution >= 0.6 is 0 Å². The molecule has 0 spiro atoms.